The highest BCUT2D eigenvalue weighted by atomic mass is 19.4. The van der Waals surface area contributed by atoms with Crippen LogP contribution in [-0.2, 0) is 11.0 Å². The van der Waals surface area contributed by atoms with Crippen molar-refractivity contribution >= 4 is 17.5 Å². The Labute approximate surface area is 193 Å². The summed E-state index contributed by atoms with van der Waals surface area (Å²) in [6.45, 7) is 0. The Morgan fingerprint density at radius 1 is 1.00 bits per heavy atom. The van der Waals surface area contributed by atoms with Crippen LogP contribution in [0.1, 0.15) is 53.4 Å². The van der Waals surface area contributed by atoms with E-state index in [-0.39, 0.29) is 23.1 Å². The van der Waals surface area contributed by atoms with Crippen LogP contribution in [-0.4, -0.2) is 17.9 Å². The predicted octanol–water partition coefficient (Wildman–Crippen LogP) is 5.88. The van der Waals surface area contributed by atoms with Crippen LogP contribution in [0, 0.1) is 5.82 Å². The van der Waals surface area contributed by atoms with Crippen LogP contribution in [0.2, 0.25) is 0 Å². The van der Waals surface area contributed by atoms with Crippen LogP contribution in [0.4, 0.5) is 23.2 Å². The molecule has 1 aromatic heterocycles. The van der Waals surface area contributed by atoms with Gasteiger partial charge in [-0.15, -0.1) is 0 Å². The summed E-state index contributed by atoms with van der Waals surface area (Å²) < 4.78 is 60.5. The van der Waals surface area contributed by atoms with Crippen molar-refractivity contribution in [2.45, 2.75) is 43.9 Å². The van der Waals surface area contributed by atoms with Gasteiger partial charge in [0.15, 0.2) is 5.76 Å². The zero-order chi connectivity index (χ0) is 24.3. The number of hydrogen-bond donors (Lipinski definition) is 1. The predicted molar refractivity (Wildman–Crippen MR) is 117 cm³/mol. The van der Waals surface area contributed by atoms with Gasteiger partial charge in [0, 0.05) is 17.3 Å². The van der Waals surface area contributed by atoms with Crippen molar-refractivity contribution in [3.05, 3.63) is 89.6 Å². The Kier molecular flexibility index (Phi) is 6.72. The first-order chi connectivity index (χ1) is 16.3. The van der Waals surface area contributed by atoms with Crippen LogP contribution in [0.25, 0.3) is 0 Å². The van der Waals surface area contributed by atoms with E-state index in [9.17, 15) is 27.2 Å². The topological polar surface area (TPSA) is 62.6 Å². The van der Waals surface area contributed by atoms with Crippen molar-refractivity contribution in [1.29, 1.82) is 0 Å². The van der Waals surface area contributed by atoms with Gasteiger partial charge in [0.05, 0.1) is 11.8 Å². The van der Waals surface area contributed by atoms with Crippen LogP contribution in [0.5, 0.6) is 0 Å². The highest BCUT2D eigenvalue weighted by molar-refractivity contribution is 6.08. The molecule has 5 nitrogen and oxygen atoms in total. The average molecular weight is 474 g/mol. The Morgan fingerprint density at radius 3 is 2.38 bits per heavy atom. The Balaban J connectivity index is 1.86. The zero-order valence-corrected chi connectivity index (χ0v) is 18.0. The molecule has 178 valence electrons. The Hall–Kier alpha value is -3.62. The molecule has 9 heteroatoms. The molecule has 1 aliphatic rings. The maximum Gasteiger partial charge on any atom is 0.416 e. The summed E-state index contributed by atoms with van der Waals surface area (Å²) in [6, 6.07) is 10.4. The van der Waals surface area contributed by atoms with E-state index in [4.69, 9.17) is 4.42 Å². The molecule has 2 amide bonds. The number of carbonyl (C=O) groups is 2. The molecule has 0 aliphatic heterocycles. The minimum atomic E-state index is -4.69. The molecule has 1 saturated carbocycles. The lowest BCUT2D eigenvalue weighted by Gasteiger charge is -2.32. The highest BCUT2D eigenvalue weighted by Crippen LogP contribution is 2.36. The van der Waals surface area contributed by atoms with Gasteiger partial charge in [-0.3, -0.25) is 14.5 Å². The average Bonchev–Trinajstić information content (AvgIpc) is 3.52. The quantitative estimate of drug-likeness (QED) is 0.454. The minimum Gasteiger partial charge on any atom is -0.459 e. The molecule has 1 aliphatic carbocycles. The van der Waals surface area contributed by atoms with Crippen molar-refractivity contribution < 1.29 is 31.6 Å². The second kappa shape index (κ2) is 9.70. The van der Waals surface area contributed by atoms with Gasteiger partial charge in [-0.1, -0.05) is 37.1 Å². The first kappa shape index (κ1) is 23.5. The number of amides is 2. The lowest BCUT2D eigenvalue weighted by Crippen LogP contribution is -2.46. The third-order valence-electron chi connectivity index (χ3n) is 5.81. The molecule has 0 saturated heterocycles. The molecule has 1 heterocycles. The number of halogens is 4. The smallest absolute Gasteiger partial charge is 0.416 e. The van der Waals surface area contributed by atoms with Crippen LogP contribution in [0.15, 0.2) is 71.3 Å². The van der Waals surface area contributed by atoms with E-state index < -0.39 is 35.4 Å². The number of carbonyl (C=O) groups excluding carboxylic acids is 2. The van der Waals surface area contributed by atoms with Gasteiger partial charge in [-0.2, -0.15) is 13.2 Å². The van der Waals surface area contributed by atoms with Gasteiger partial charge < -0.3 is 9.73 Å². The summed E-state index contributed by atoms with van der Waals surface area (Å²) in [6.07, 6.45) is -0.171. The fourth-order valence-corrected chi connectivity index (χ4v) is 4.18. The lowest BCUT2D eigenvalue weighted by atomic mass is 10.0. The maximum atomic E-state index is 14.9. The van der Waals surface area contributed by atoms with Crippen molar-refractivity contribution in [2.75, 3.05) is 4.90 Å². The minimum absolute atomic E-state index is 0.143. The summed E-state index contributed by atoms with van der Waals surface area (Å²) in [5.74, 6) is -2.53. The number of nitrogens with one attached hydrogen (secondary N) is 1. The van der Waals surface area contributed by atoms with E-state index in [0.717, 1.165) is 54.8 Å². The number of anilines is 1. The number of nitrogens with zero attached hydrogens (tertiary/aromatic N) is 1. The molecule has 3 aromatic rings. The first-order valence-corrected chi connectivity index (χ1v) is 10.8. The third-order valence-corrected chi connectivity index (χ3v) is 5.81. The molecule has 0 spiro atoms. The van der Waals surface area contributed by atoms with Crippen molar-refractivity contribution in [3.63, 3.8) is 0 Å². The molecule has 1 fully saturated rings. The molecular formula is C25H22F4N2O3. The van der Waals surface area contributed by atoms with Crippen molar-refractivity contribution in [3.8, 4) is 0 Å². The van der Waals surface area contributed by atoms with Gasteiger partial charge in [0.2, 0.25) is 5.91 Å². The summed E-state index contributed by atoms with van der Waals surface area (Å²) in [5.41, 5.74) is -1.37. The molecule has 1 atom stereocenters. The maximum absolute atomic E-state index is 14.9. The second-order valence-electron chi connectivity index (χ2n) is 8.11. The van der Waals surface area contributed by atoms with Crippen molar-refractivity contribution in [1.82, 2.24) is 5.32 Å². The van der Waals surface area contributed by atoms with E-state index in [2.05, 4.69) is 5.32 Å². The van der Waals surface area contributed by atoms with E-state index in [1.807, 2.05) is 0 Å². The largest absolute Gasteiger partial charge is 0.459 e. The molecule has 0 bridgehead atoms. The number of benzene rings is 2. The summed E-state index contributed by atoms with van der Waals surface area (Å²) in [4.78, 5) is 27.8. The number of hydrogen-bond acceptors (Lipinski definition) is 3. The lowest BCUT2D eigenvalue weighted by molar-refractivity contribution is -0.137. The Morgan fingerprint density at radius 2 is 1.74 bits per heavy atom. The van der Waals surface area contributed by atoms with Gasteiger partial charge in [-0.25, -0.2) is 4.39 Å². The van der Waals surface area contributed by atoms with Crippen molar-refractivity contribution in [2.24, 2.45) is 0 Å². The number of alkyl halides is 3. The molecule has 0 unspecified atom stereocenters. The summed E-state index contributed by atoms with van der Waals surface area (Å²) in [7, 11) is 0. The van der Waals surface area contributed by atoms with E-state index >= 15 is 0 Å². The van der Waals surface area contributed by atoms with Gasteiger partial charge in [0.25, 0.3) is 5.91 Å². The summed E-state index contributed by atoms with van der Waals surface area (Å²) in [5, 5.41) is 2.85. The van der Waals surface area contributed by atoms with Crippen LogP contribution < -0.4 is 10.2 Å². The molecule has 0 radical (unpaired) electrons. The SMILES string of the molecule is O=C(NC1CCCC1)[C@H](c1ccccc1F)N(C(=O)c1ccco1)c1cccc(C(F)(F)F)c1. The van der Waals surface area contributed by atoms with Gasteiger partial charge >= 0.3 is 6.18 Å². The second-order valence-corrected chi connectivity index (χ2v) is 8.11. The number of rotatable bonds is 6. The monoisotopic (exact) mass is 474 g/mol. The fourth-order valence-electron chi connectivity index (χ4n) is 4.18. The molecular weight excluding hydrogens is 452 g/mol. The molecule has 4 rings (SSSR count). The number of furan rings is 1. The summed E-state index contributed by atoms with van der Waals surface area (Å²) >= 11 is 0. The first-order valence-electron chi connectivity index (χ1n) is 10.8. The fraction of sp³-hybridized carbons (Fsp3) is 0.280. The van der Waals surface area contributed by atoms with E-state index in [0.29, 0.717) is 0 Å². The molecule has 1 N–H and O–H groups in total. The molecule has 34 heavy (non-hydrogen) atoms. The van der Waals surface area contributed by atoms with Crippen LogP contribution >= 0.6 is 0 Å². The van der Waals surface area contributed by atoms with Gasteiger partial charge in [0.1, 0.15) is 11.9 Å². The zero-order valence-electron chi connectivity index (χ0n) is 18.0. The highest BCUT2D eigenvalue weighted by Gasteiger charge is 2.38. The van der Waals surface area contributed by atoms with Gasteiger partial charge in [-0.05, 0) is 49.2 Å². The molecule has 2 aromatic carbocycles. The normalized spacial score (nSPS) is 15.2. The van der Waals surface area contributed by atoms with E-state index in [1.54, 1.807) is 0 Å². The van der Waals surface area contributed by atoms with E-state index in [1.165, 1.54) is 42.7 Å². The van der Waals surface area contributed by atoms with Crippen LogP contribution in [0.3, 0.4) is 0 Å². The third kappa shape index (κ3) is 4.98. The Bertz CT molecular complexity index is 1150. The standard InChI is InChI=1S/C25H22F4N2O3/c26-20-12-4-3-11-19(20)22(23(32)30-17-8-1-2-9-17)31(24(33)21-13-6-14-34-21)18-10-5-7-16(15-18)25(27,28)29/h3-7,10-15,17,22H,1-2,8-9H2,(H,30,32)/t22-/m0/s1.